The van der Waals surface area contributed by atoms with Crippen molar-refractivity contribution in [2.75, 3.05) is 0 Å². The Morgan fingerprint density at radius 3 is 1.68 bits per heavy atom. The second-order valence-corrected chi connectivity index (χ2v) is 4.35. The molecule has 0 aromatic heterocycles. The molecule has 2 aromatic rings. The zero-order valence-corrected chi connectivity index (χ0v) is 11.0. The fourth-order valence-corrected chi connectivity index (χ4v) is 1.88. The van der Waals surface area contributed by atoms with E-state index in [2.05, 4.69) is 0 Å². The van der Waals surface area contributed by atoms with Gasteiger partial charge in [0.1, 0.15) is 6.92 Å². The van der Waals surface area contributed by atoms with Crippen LogP contribution < -0.4 is 0 Å². The summed E-state index contributed by atoms with van der Waals surface area (Å²) < 4.78 is 0. The third-order valence-corrected chi connectivity index (χ3v) is 2.66. The fraction of sp³-hybridized carbons (Fsp3) is 0.188. The summed E-state index contributed by atoms with van der Waals surface area (Å²) in [5.74, 6) is -0.299. The van der Waals surface area contributed by atoms with Crippen LogP contribution in [0, 0.1) is 0 Å². The Morgan fingerprint density at radius 2 is 1.32 bits per heavy atom. The van der Waals surface area contributed by atoms with Crippen LogP contribution in [-0.2, 0) is 22.7 Å². The van der Waals surface area contributed by atoms with Gasteiger partial charge in [-0.15, -0.1) is 0 Å². The molecule has 0 saturated carbocycles. The Labute approximate surface area is 113 Å². The van der Waals surface area contributed by atoms with Crippen LogP contribution in [0.4, 0.5) is 0 Å². The average molecular weight is 255 g/mol. The Hall–Kier alpha value is -2.13. The van der Waals surface area contributed by atoms with Crippen molar-refractivity contribution in [1.82, 2.24) is 5.06 Å². The van der Waals surface area contributed by atoms with Crippen LogP contribution in [0.3, 0.4) is 0 Å². The lowest BCUT2D eigenvalue weighted by atomic mass is 10.2. The van der Waals surface area contributed by atoms with Gasteiger partial charge in [0.2, 0.25) is 0 Å². The molecule has 0 saturated heterocycles. The van der Waals surface area contributed by atoms with Crippen LogP contribution >= 0.6 is 0 Å². The molecule has 97 valence electrons. The van der Waals surface area contributed by atoms with Crippen molar-refractivity contribution in [3.05, 3.63) is 71.8 Å². The highest BCUT2D eigenvalue weighted by Gasteiger charge is 2.19. The van der Waals surface area contributed by atoms with Gasteiger partial charge in [0.15, 0.2) is 0 Å². The van der Waals surface area contributed by atoms with Crippen LogP contribution in [0.25, 0.3) is 0 Å². The van der Waals surface area contributed by atoms with E-state index in [4.69, 9.17) is 4.84 Å². The van der Waals surface area contributed by atoms with E-state index in [9.17, 15) is 4.79 Å². The highest BCUT2D eigenvalue weighted by atomic mass is 16.7. The Bertz CT molecular complexity index is 469. The van der Waals surface area contributed by atoms with Crippen LogP contribution in [0.5, 0.6) is 0 Å². The van der Waals surface area contributed by atoms with Gasteiger partial charge in [-0.25, -0.2) is 0 Å². The third-order valence-electron chi connectivity index (χ3n) is 2.66. The summed E-state index contributed by atoms with van der Waals surface area (Å²) in [6, 6.07) is 19.9. The van der Waals surface area contributed by atoms with Crippen molar-refractivity contribution in [2.24, 2.45) is 0 Å². The number of nitrogens with zero attached hydrogens (tertiary/aromatic N) is 1. The average Bonchev–Trinajstić information content (AvgIpc) is 2.40. The Kier molecular flexibility index (Phi) is 4.70. The molecule has 0 aliphatic carbocycles. The van der Waals surface area contributed by atoms with Crippen molar-refractivity contribution in [3.63, 3.8) is 0 Å². The highest BCUT2D eigenvalue weighted by Crippen LogP contribution is 2.10. The summed E-state index contributed by atoms with van der Waals surface area (Å²) >= 11 is 0. The van der Waals surface area contributed by atoms with Gasteiger partial charge in [0.05, 0.1) is 17.9 Å². The second-order valence-electron chi connectivity index (χ2n) is 4.35. The number of hydroxylamine groups is 2. The Morgan fingerprint density at radius 1 is 0.895 bits per heavy atom. The van der Waals surface area contributed by atoms with Crippen LogP contribution in [0.15, 0.2) is 60.7 Å². The topological polar surface area (TPSA) is 32.4 Å². The smallest absolute Gasteiger partial charge is 0.196 e. The molecular weight excluding hydrogens is 238 g/mol. The molecular formula is C16H17NO2+. The molecule has 3 heteroatoms. The predicted molar refractivity (Wildman–Crippen MR) is 73.9 cm³/mol. The molecule has 0 spiro atoms. The largest absolute Gasteiger partial charge is 0.594 e. The summed E-state index contributed by atoms with van der Waals surface area (Å²) in [6.45, 7) is 2.58. The maximum Gasteiger partial charge on any atom is 0.594 e. The first-order valence-electron chi connectivity index (χ1n) is 6.25. The van der Waals surface area contributed by atoms with E-state index in [0.29, 0.717) is 13.1 Å². The van der Waals surface area contributed by atoms with Gasteiger partial charge >= 0.3 is 5.97 Å². The molecule has 0 amide bonds. The minimum absolute atomic E-state index is 0.299. The van der Waals surface area contributed by atoms with Crippen LogP contribution in [0.1, 0.15) is 18.1 Å². The van der Waals surface area contributed by atoms with Gasteiger partial charge in [-0.1, -0.05) is 60.7 Å². The quantitative estimate of drug-likeness (QED) is 0.607. The minimum atomic E-state index is -0.299. The number of benzene rings is 2. The van der Waals surface area contributed by atoms with Gasteiger partial charge in [-0.2, -0.15) is 4.84 Å². The standard InChI is InChI=1S/C16H17NO2/c1-14(18)19-17(12-15-8-4-2-5-9-15)13-16-10-6-3-7-11-16/h2-11H,12-13H2,1H3/q+1. The molecule has 0 bridgehead atoms. The maximum atomic E-state index is 11.2. The van der Waals surface area contributed by atoms with Crippen molar-refractivity contribution in [2.45, 2.75) is 20.0 Å². The molecule has 0 aliphatic heterocycles. The van der Waals surface area contributed by atoms with E-state index in [1.165, 1.54) is 6.92 Å². The van der Waals surface area contributed by atoms with E-state index in [1.807, 2.05) is 60.7 Å². The molecule has 0 heterocycles. The highest BCUT2D eigenvalue weighted by molar-refractivity contribution is 5.65. The molecule has 3 nitrogen and oxygen atoms in total. The summed E-state index contributed by atoms with van der Waals surface area (Å²) in [4.78, 5) is 16.4. The van der Waals surface area contributed by atoms with Crippen molar-refractivity contribution in [1.29, 1.82) is 0 Å². The third kappa shape index (κ3) is 4.56. The fourth-order valence-electron chi connectivity index (χ4n) is 1.88. The maximum absolute atomic E-state index is 11.2. The first-order chi connectivity index (χ1) is 9.24. The van der Waals surface area contributed by atoms with Gasteiger partial charge in [-0.05, 0) is 16.2 Å². The van der Waals surface area contributed by atoms with Gasteiger partial charge in [0.25, 0.3) is 0 Å². The summed E-state index contributed by atoms with van der Waals surface area (Å²) in [5, 5.41) is 1.67. The lowest BCUT2D eigenvalue weighted by Gasteiger charge is -2.13. The zero-order valence-electron chi connectivity index (χ0n) is 11.0. The zero-order chi connectivity index (χ0) is 13.5. The van der Waals surface area contributed by atoms with Crippen molar-refractivity contribution < 1.29 is 9.63 Å². The van der Waals surface area contributed by atoms with Gasteiger partial charge in [-0.3, -0.25) is 0 Å². The number of hydrogen-bond acceptors (Lipinski definition) is 3. The number of hydrogen-bond donors (Lipinski definition) is 0. The first-order valence-corrected chi connectivity index (χ1v) is 6.25. The van der Waals surface area contributed by atoms with Crippen LogP contribution in [0.2, 0.25) is 0 Å². The summed E-state index contributed by atoms with van der Waals surface area (Å²) in [6.07, 6.45) is 0. The number of rotatable bonds is 5. The molecule has 1 radical (unpaired) electrons. The van der Waals surface area contributed by atoms with E-state index in [0.717, 1.165) is 11.1 Å². The molecule has 0 atom stereocenters. The normalized spacial score (nSPS) is 10.4. The summed E-state index contributed by atoms with van der Waals surface area (Å²) in [7, 11) is 0. The van der Waals surface area contributed by atoms with Crippen molar-refractivity contribution >= 4 is 5.97 Å². The molecule has 2 rings (SSSR count). The molecule has 0 unspecified atom stereocenters. The van der Waals surface area contributed by atoms with E-state index in [1.54, 1.807) is 5.06 Å². The number of carbonyl (C=O) groups is 1. The van der Waals surface area contributed by atoms with Gasteiger partial charge < -0.3 is 0 Å². The summed E-state index contributed by atoms with van der Waals surface area (Å²) in [5.41, 5.74) is 2.22. The first kappa shape index (κ1) is 13.3. The van der Waals surface area contributed by atoms with Crippen LogP contribution in [-0.4, -0.2) is 11.0 Å². The predicted octanol–water partition coefficient (Wildman–Crippen LogP) is 3.17. The lowest BCUT2D eigenvalue weighted by molar-refractivity contribution is -0.194. The van der Waals surface area contributed by atoms with E-state index in [-0.39, 0.29) is 5.97 Å². The second kappa shape index (κ2) is 6.71. The Balaban J connectivity index is 2.06. The van der Waals surface area contributed by atoms with Crippen molar-refractivity contribution in [3.8, 4) is 0 Å². The molecule has 0 fully saturated rings. The monoisotopic (exact) mass is 255 g/mol. The lowest BCUT2D eigenvalue weighted by Crippen LogP contribution is -2.25. The minimum Gasteiger partial charge on any atom is -0.196 e. The molecule has 2 aromatic carbocycles. The molecule has 19 heavy (non-hydrogen) atoms. The SMILES string of the molecule is CC(=[O+])ON(Cc1ccccc1)Cc1ccccc1. The van der Waals surface area contributed by atoms with E-state index < -0.39 is 0 Å². The van der Waals surface area contributed by atoms with E-state index >= 15 is 0 Å². The molecule has 0 aliphatic rings. The number of carbonyl (C=O) groups excluding carboxylic acids is 1. The molecule has 0 N–H and O–H groups in total. The van der Waals surface area contributed by atoms with Gasteiger partial charge in [0, 0.05) is 0 Å².